The molecule has 0 aliphatic heterocycles. The summed E-state index contributed by atoms with van der Waals surface area (Å²) in [6, 6.07) is 6.89. The number of nitrogens with one attached hydrogen (secondary N) is 1. The molecule has 0 saturated carbocycles. The summed E-state index contributed by atoms with van der Waals surface area (Å²) >= 11 is 0. The first kappa shape index (κ1) is 7.72. The summed E-state index contributed by atoms with van der Waals surface area (Å²) in [6.07, 6.45) is -1.53. The van der Waals surface area contributed by atoms with Crippen molar-refractivity contribution in [3.8, 4) is 0 Å². The Hall–Kier alpha value is -1.38. The van der Waals surface area contributed by atoms with Gasteiger partial charge in [-0.1, -0.05) is 17.7 Å². The zero-order valence-electron chi connectivity index (χ0n) is 6.10. The minimum absolute atomic E-state index is 0.475. The molecule has 0 fully saturated rings. The first-order valence-electron chi connectivity index (χ1n) is 3.21. The van der Waals surface area contributed by atoms with Crippen LogP contribution in [0.25, 0.3) is 0 Å². The third kappa shape index (κ3) is 2.37. The van der Waals surface area contributed by atoms with Gasteiger partial charge in [0.25, 0.3) is 0 Å². The minimum atomic E-state index is -1.53. The second-order valence-corrected chi connectivity index (χ2v) is 2.26. The molecule has 2 nitrogen and oxygen atoms in total. The van der Waals surface area contributed by atoms with Crippen molar-refractivity contribution in [2.45, 2.75) is 6.92 Å². The number of carbonyl (C=O) groups is 1. The van der Waals surface area contributed by atoms with Gasteiger partial charge in [0.05, 0.1) is 0 Å². The maximum absolute atomic E-state index is 11.7. The number of rotatable bonds is 1. The Bertz CT molecular complexity index is 255. The molecular formula is C8H8FNO. The third-order valence-corrected chi connectivity index (χ3v) is 1.29. The number of hydrogen-bond donors (Lipinski definition) is 1. The number of aryl methyl sites for hydroxylation is 1. The van der Waals surface area contributed by atoms with Gasteiger partial charge in [-0.25, -0.2) is 4.79 Å². The van der Waals surface area contributed by atoms with Gasteiger partial charge in [-0.2, -0.15) is 0 Å². The van der Waals surface area contributed by atoms with Crippen LogP contribution >= 0.6 is 0 Å². The smallest absolute Gasteiger partial charge is 0.298 e. The Morgan fingerprint density at radius 2 is 1.91 bits per heavy atom. The van der Waals surface area contributed by atoms with Crippen LogP contribution in [-0.4, -0.2) is 6.16 Å². The molecule has 1 rings (SSSR count). The van der Waals surface area contributed by atoms with Gasteiger partial charge in [0.2, 0.25) is 0 Å². The molecular weight excluding hydrogens is 145 g/mol. The molecule has 58 valence electrons. The largest absolute Gasteiger partial charge is 0.401 e. The second-order valence-electron chi connectivity index (χ2n) is 2.26. The molecule has 0 aliphatic carbocycles. The molecule has 1 aromatic rings. The lowest BCUT2D eigenvalue weighted by Crippen LogP contribution is -2.01. The monoisotopic (exact) mass is 153 g/mol. The fourth-order valence-corrected chi connectivity index (χ4v) is 0.750. The van der Waals surface area contributed by atoms with E-state index in [0.29, 0.717) is 5.69 Å². The Kier molecular flexibility index (Phi) is 2.21. The molecule has 1 aromatic carbocycles. The molecule has 3 heteroatoms. The van der Waals surface area contributed by atoms with E-state index in [9.17, 15) is 9.18 Å². The predicted molar refractivity (Wildman–Crippen MR) is 41.3 cm³/mol. The molecule has 0 spiro atoms. The number of anilines is 1. The van der Waals surface area contributed by atoms with Crippen LogP contribution in [0.3, 0.4) is 0 Å². The lowest BCUT2D eigenvalue weighted by Gasteiger charge is -1.98. The van der Waals surface area contributed by atoms with Gasteiger partial charge < -0.3 is 0 Å². The Labute approximate surface area is 64.0 Å². The van der Waals surface area contributed by atoms with Crippen LogP contribution in [0.5, 0.6) is 0 Å². The predicted octanol–water partition coefficient (Wildman–Crippen LogP) is 2.50. The Morgan fingerprint density at radius 3 is 2.36 bits per heavy atom. The standard InChI is InChI=1S/C8H8FNO/c1-6-2-4-7(5-3-6)10-8(9)11/h2-5H,1H3,(H,10,11). The molecule has 0 bridgehead atoms. The molecule has 0 aromatic heterocycles. The van der Waals surface area contributed by atoms with Crippen LogP contribution in [0.2, 0.25) is 0 Å². The third-order valence-electron chi connectivity index (χ3n) is 1.29. The first-order valence-corrected chi connectivity index (χ1v) is 3.21. The Morgan fingerprint density at radius 1 is 1.36 bits per heavy atom. The van der Waals surface area contributed by atoms with Crippen LogP contribution in [0.1, 0.15) is 5.56 Å². The van der Waals surface area contributed by atoms with E-state index in [-0.39, 0.29) is 0 Å². The average molecular weight is 153 g/mol. The van der Waals surface area contributed by atoms with Crippen LogP contribution in [-0.2, 0) is 0 Å². The zero-order valence-corrected chi connectivity index (χ0v) is 6.10. The summed E-state index contributed by atoms with van der Waals surface area (Å²) in [4.78, 5) is 9.92. The van der Waals surface area contributed by atoms with Crippen molar-refractivity contribution in [1.29, 1.82) is 0 Å². The lowest BCUT2D eigenvalue weighted by atomic mass is 10.2. The second kappa shape index (κ2) is 3.14. The van der Waals surface area contributed by atoms with E-state index in [1.54, 1.807) is 24.3 Å². The Balaban J connectivity index is 2.74. The van der Waals surface area contributed by atoms with Gasteiger partial charge in [-0.3, -0.25) is 5.32 Å². The highest BCUT2D eigenvalue weighted by atomic mass is 19.1. The average Bonchev–Trinajstić information content (AvgIpc) is 1.93. The number of hydrogen-bond acceptors (Lipinski definition) is 1. The topological polar surface area (TPSA) is 29.1 Å². The van der Waals surface area contributed by atoms with E-state index in [1.165, 1.54) is 0 Å². The van der Waals surface area contributed by atoms with Gasteiger partial charge in [0.15, 0.2) is 0 Å². The molecule has 0 heterocycles. The van der Waals surface area contributed by atoms with Crippen LogP contribution in [0.4, 0.5) is 14.9 Å². The van der Waals surface area contributed by atoms with E-state index < -0.39 is 6.16 Å². The summed E-state index contributed by atoms with van der Waals surface area (Å²) in [5.41, 5.74) is 1.55. The van der Waals surface area contributed by atoms with Crippen molar-refractivity contribution >= 4 is 11.8 Å². The van der Waals surface area contributed by atoms with Gasteiger partial charge in [0, 0.05) is 5.69 Å². The van der Waals surface area contributed by atoms with Crippen molar-refractivity contribution in [3.05, 3.63) is 29.8 Å². The fourth-order valence-electron chi connectivity index (χ4n) is 0.750. The number of carbonyl (C=O) groups excluding carboxylic acids is 1. The molecule has 11 heavy (non-hydrogen) atoms. The quantitative estimate of drug-likeness (QED) is 0.487. The van der Waals surface area contributed by atoms with Gasteiger partial charge in [-0.15, -0.1) is 4.39 Å². The summed E-state index contributed by atoms with van der Waals surface area (Å²) in [5.74, 6) is 0. The maximum atomic E-state index is 11.7. The minimum Gasteiger partial charge on any atom is -0.298 e. The van der Waals surface area contributed by atoms with Crippen LogP contribution < -0.4 is 5.32 Å². The van der Waals surface area contributed by atoms with Crippen molar-refractivity contribution in [3.63, 3.8) is 0 Å². The molecule has 0 aliphatic rings. The highest BCUT2D eigenvalue weighted by Gasteiger charge is 1.96. The van der Waals surface area contributed by atoms with E-state index in [0.717, 1.165) is 5.56 Å². The van der Waals surface area contributed by atoms with Crippen LogP contribution in [0.15, 0.2) is 24.3 Å². The van der Waals surface area contributed by atoms with E-state index in [2.05, 4.69) is 0 Å². The lowest BCUT2D eigenvalue weighted by molar-refractivity contribution is 0.235. The maximum Gasteiger partial charge on any atom is 0.401 e. The highest BCUT2D eigenvalue weighted by molar-refractivity contribution is 5.83. The molecule has 0 radical (unpaired) electrons. The molecule has 0 atom stereocenters. The summed E-state index contributed by atoms with van der Waals surface area (Å²) in [5, 5.41) is 2.03. The molecule has 0 unspecified atom stereocenters. The molecule has 0 saturated heterocycles. The molecule has 1 N–H and O–H groups in total. The number of amides is 1. The van der Waals surface area contributed by atoms with Crippen molar-refractivity contribution < 1.29 is 9.18 Å². The van der Waals surface area contributed by atoms with Gasteiger partial charge in [-0.05, 0) is 19.1 Å². The van der Waals surface area contributed by atoms with Crippen molar-refractivity contribution in [2.24, 2.45) is 0 Å². The number of benzene rings is 1. The van der Waals surface area contributed by atoms with E-state index in [1.807, 2.05) is 12.2 Å². The molecule has 1 amide bonds. The van der Waals surface area contributed by atoms with Crippen molar-refractivity contribution in [2.75, 3.05) is 5.32 Å². The van der Waals surface area contributed by atoms with Gasteiger partial charge in [0.1, 0.15) is 0 Å². The normalized spacial score (nSPS) is 9.27. The van der Waals surface area contributed by atoms with Crippen LogP contribution in [0, 0.1) is 6.92 Å². The van der Waals surface area contributed by atoms with E-state index in [4.69, 9.17) is 0 Å². The number of halogens is 1. The van der Waals surface area contributed by atoms with Gasteiger partial charge >= 0.3 is 6.16 Å². The summed E-state index contributed by atoms with van der Waals surface area (Å²) in [7, 11) is 0. The first-order chi connectivity index (χ1) is 5.18. The summed E-state index contributed by atoms with van der Waals surface area (Å²) < 4.78 is 11.7. The van der Waals surface area contributed by atoms with Crippen molar-refractivity contribution in [1.82, 2.24) is 0 Å². The SMILES string of the molecule is Cc1ccc(NC(=O)F)cc1. The van der Waals surface area contributed by atoms with E-state index >= 15 is 0 Å². The highest BCUT2D eigenvalue weighted by Crippen LogP contribution is 2.08. The zero-order chi connectivity index (χ0) is 8.27. The fraction of sp³-hybridized carbons (Fsp3) is 0.125. The summed E-state index contributed by atoms with van der Waals surface area (Å²) in [6.45, 7) is 1.92.